The molecule has 0 radical (unpaired) electrons. The summed E-state index contributed by atoms with van der Waals surface area (Å²) in [6.07, 6.45) is 6.70. The van der Waals surface area contributed by atoms with Gasteiger partial charge in [0.1, 0.15) is 5.60 Å². The van der Waals surface area contributed by atoms with Gasteiger partial charge in [-0.15, -0.1) is 0 Å². The third kappa shape index (κ3) is 6.10. The Hall–Kier alpha value is -2.56. The maximum Gasteiger partial charge on any atom is 0.412 e. The number of carbonyl (C=O) groups is 2. The summed E-state index contributed by atoms with van der Waals surface area (Å²) in [5.41, 5.74) is 2.34. The molecule has 0 aliphatic heterocycles. The summed E-state index contributed by atoms with van der Waals surface area (Å²) < 4.78 is 5.22. The Morgan fingerprint density at radius 2 is 1.80 bits per heavy atom. The minimum atomic E-state index is -0.865. The highest BCUT2D eigenvalue weighted by atomic mass is 16.6. The maximum atomic E-state index is 11.8. The zero-order valence-electron chi connectivity index (χ0n) is 15.0. The van der Waals surface area contributed by atoms with Gasteiger partial charge in [-0.2, -0.15) is 0 Å². The number of allylic oxidation sites excluding steroid dienone is 3. The number of carboxylic acid groups (broad SMARTS) is 1. The van der Waals surface area contributed by atoms with E-state index in [0.29, 0.717) is 17.7 Å². The van der Waals surface area contributed by atoms with Crippen LogP contribution in [0, 0.1) is 0 Å². The molecular weight excluding hydrogens is 318 g/mol. The number of benzene rings is 1. The average Bonchev–Trinajstić information content (AvgIpc) is 2.46. The average molecular weight is 343 g/mol. The van der Waals surface area contributed by atoms with Crippen molar-refractivity contribution in [3.8, 4) is 0 Å². The Morgan fingerprint density at radius 1 is 1.12 bits per heavy atom. The molecule has 2 N–H and O–H groups in total. The van der Waals surface area contributed by atoms with Crippen LogP contribution in [0.2, 0.25) is 0 Å². The Bertz CT molecular complexity index is 693. The van der Waals surface area contributed by atoms with Gasteiger partial charge in [-0.25, -0.2) is 9.59 Å². The minimum Gasteiger partial charge on any atom is -0.478 e. The van der Waals surface area contributed by atoms with E-state index in [9.17, 15) is 14.7 Å². The van der Waals surface area contributed by atoms with Crippen molar-refractivity contribution in [2.75, 3.05) is 5.32 Å². The van der Waals surface area contributed by atoms with Gasteiger partial charge in [0.15, 0.2) is 0 Å². The van der Waals surface area contributed by atoms with Gasteiger partial charge in [0.25, 0.3) is 0 Å². The molecule has 1 aromatic rings. The number of nitrogens with one attached hydrogen (secondary N) is 1. The van der Waals surface area contributed by atoms with Crippen molar-refractivity contribution in [3.05, 3.63) is 47.6 Å². The monoisotopic (exact) mass is 343 g/mol. The van der Waals surface area contributed by atoms with Crippen LogP contribution in [0.15, 0.2) is 42.0 Å². The number of carboxylic acids is 1. The van der Waals surface area contributed by atoms with Crippen molar-refractivity contribution < 1.29 is 19.4 Å². The lowest BCUT2D eigenvalue weighted by atomic mass is 9.95. The van der Waals surface area contributed by atoms with Crippen LogP contribution in [-0.4, -0.2) is 22.8 Å². The van der Waals surface area contributed by atoms with Gasteiger partial charge in [0.05, 0.1) is 0 Å². The molecule has 5 nitrogen and oxygen atoms in total. The van der Waals surface area contributed by atoms with Crippen molar-refractivity contribution in [3.63, 3.8) is 0 Å². The molecule has 1 aromatic carbocycles. The molecule has 0 aromatic heterocycles. The van der Waals surface area contributed by atoms with E-state index in [2.05, 4.69) is 11.4 Å². The molecule has 1 amide bonds. The van der Waals surface area contributed by atoms with Crippen molar-refractivity contribution in [1.82, 2.24) is 0 Å². The van der Waals surface area contributed by atoms with Gasteiger partial charge in [-0.05, 0) is 75.8 Å². The minimum absolute atomic E-state index is 0.432. The van der Waals surface area contributed by atoms with Crippen molar-refractivity contribution in [1.29, 1.82) is 0 Å². The Morgan fingerprint density at radius 3 is 2.40 bits per heavy atom. The lowest BCUT2D eigenvalue weighted by Crippen LogP contribution is -2.27. The highest BCUT2D eigenvalue weighted by Gasteiger charge is 2.16. The van der Waals surface area contributed by atoms with Crippen molar-refractivity contribution >= 4 is 23.3 Å². The Balaban J connectivity index is 2.14. The van der Waals surface area contributed by atoms with E-state index in [1.807, 2.05) is 32.9 Å². The molecule has 0 saturated heterocycles. The summed E-state index contributed by atoms with van der Waals surface area (Å²) in [6, 6.07) is 7.31. The Labute approximate surface area is 148 Å². The van der Waals surface area contributed by atoms with Crippen LogP contribution in [-0.2, 0) is 9.53 Å². The summed E-state index contributed by atoms with van der Waals surface area (Å²) >= 11 is 0. The molecular formula is C20H25NO4. The molecule has 0 atom stereocenters. The first-order valence-corrected chi connectivity index (χ1v) is 8.49. The summed E-state index contributed by atoms with van der Waals surface area (Å²) in [6.45, 7) is 5.43. The molecule has 2 rings (SSSR count). The molecule has 1 aliphatic rings. The topological polar surface area (TPSA) is 75.6 Å². The summed E-state index contributed by atoms with van der Waals surface area (Å²) in [4.78, 5) is 23.1. The number of hydrogen-bond donors (Lipinski definition) is 2. The van der Waals surface area contributed by atoms with E-state index >= 15 is 0 Å². The second-order valence-corrected chi connectivity index (χ2v) is 7.08. The first-order valence-electron chi connectivity index (χ1n) is 8.49. The molecule has 0 saturated carbocycles. The SMILES string of the molecule is CC(C)(C)OC(=O)Nc1ccc(C2=C/CCCC/C(C(=O)O)=C\2)cc1. The largest absolute Gasteiger partial charge is 0.478 e. The molecule has 0 unspecified atom stereocenters. The highest BCUT2D eigenvalue weighted by Crippen LogP contribution is 2.25. The van der Waals surface area contributed by atoms with Crippen LogP contribution >= 0.6 is 0 Å². The normalized spacial score (nSPS) is 19.5. The number of amides is 1. The number of ether oxygens (including phenoxy) is 1. The van der Waals surface area contributed by atoms with E-state index in [0.717, 1.165) is 30.4 Å². The molecule has 0 bridgehead atoms. The lowest BCUT2D eigenvalue weighted by molar-refractivity contribution is -0.132. The van der Waals surface area contributed by atoms with Gasteiger partial charge >= 0.3 is 12.1 Å². The standard InChI is InChI=1S/C20H25NO4/c1-20(2,3)25-19(24)21-17-11-9-14(10-12-17)15-7-5-4-6-8-16(13-15)18(22)23/h7,9-13H,4-6,8H2,1-3H3,(H,21,24)(H,22,23)/b15-7+,16-13+. The van der Waals surface area contributed by atoms with E-state index in [1.165, 1.54) is 0 Å². The summed E-state index contributed by atoms with van der Waals surface area (Å²) in [5, 5.41) is 12.0. The maximum absolute atomic E-state index is 11.8. The second kappa shape index (κ2) is 8.01. The van der Waals surface area contributed by atoms with Crippen LogP contribution in [0.5, 0.6) is 0 Å². The van der Waals surface area contributed by atoms with Crippen LogP contribution in [0.25, 0.3) is 5.57 Å². The molecule has 0 heterocycles. The van der Waals surface area contributed by atoms with Gasteiger partial charge in [0.2, 0.25) is 0 Å². The third-order valence-corrected chi connectivity index (χ3v) is 3.73. The first-order chi connectivity index (χ1) is 11.7. The molecule has 134 valence electrons. The Kier molecular flexibility index (Phi) is 6.02. The second-order valence-electron chi connectivity index (χ2n) is 7.08. The third-order valence-electron chi connectivity index (χ3n) is 3.73. The van der Waals surface area contributed by atoms with Gasteiger partial charge in [-0.1, -0.05) is 18.2 Å². The predicted octanol–water partition coefficient (Wildman–Crippen LogP) is 5.00. The number of aliphatic carboxylic acids is 1. The van der Waals surface area contributed by atoms with Crippen LogP contribution in [0.4, 0.5) is 10.5 Å². The van der Waals surface area contributed by atoms with Gasteiger partial charge in [0, 0.05) is 11.3 Å². The van der Waals surface area contributed by atoms with Gasteiger partial charge < -0.3 is 9.84 Å². The fraction of sp³-hybridized carbons (Fsp3) is 0.400. The van der Waals surface area contributed by atoms with E-state index in [-0.39, 0.29) is 0 Å². The molecule has 0 spiro atoms. The molecule has 1 aliphatic carbocycles. The highest BCUT2D eigenvalue weighted by molar-refractivity contribution is 5.91. The van der Waals surface area contributed by atoms with Crippen LogP contribution in [0.1, 0.15) is 52.0 Å². The summed E-state index contributed by atoms with van der Waals surface area (Å²) in [5.74, 6) is -0.865. The lowest BCUT2D eigenvalue weighted by Gasteiger charge is -2.19. The van der Waals surface area contributed by atoms with E-state index < -0.39 is 17.7 Å². The fourth-order valence-electron chi connectivity index (χ4n) is 2.57. The number of hydrogen-bond acceptors (Lipinski definition) is 3. The van der Waals surface area contributed by atoms with E-state index in [1.54, 1.807) is 18.2 Å². The number of anilines is 1. The first kappa shape index (κ1) is 18.8. The summed E-state index contributed by atoms with van der Waals surface area (Å²) in [7, 11) is 0. The molecule has 0 fully saturated rings. The quantitative estimate of drug-likeness (QED) is 0.809. The predicted molar refractivity (Wildman–Crippen MR) is 98.5 cm³/mol. The van der Waals surface area contributed by atoms with Crippen molar-refractivity contribution in [2.45, 2.75) is 52.1 Å². The zero-order chi connectivity index (χ0) is 18.4. The van der Waals surface area contributed by atoms with E-state index in [4.69, 9.17) is 4.74 Å². The number of carbonyl (C=O) groups excluding carboxylic acids is 1. The fourth-order valence-corrected chi connectivity index (χ4v) is 2.57. The number of rotatable bonds is 3. The van der Waals surface area contributed by atoms with Crippen LogP contribution in [0.3, 0.4) is 0 Å². The molecule has 5 heteroatoms. The molecule has 25 heavy (non-hydrogen) atoms. The van der Waals surface area contributed by atoms with Crippen LogP contribution < -0.4 is 5.32 Å². The van der Waals surface area contributed by atoms with Crippen molar-refractivity contribution in [2.24, 2.45) is 0 Å². The smallest absolute Gasteiger partial charge is 0.412 e. The van der Waals surface area contributed by atoms with Gasteiger partial charge in [-0.3, -0.25) is 5.32 Å². The zero-order valence-corrected chi connectivity index (χ0v) is 15.0.